The summed E-state index contributed by atoms with van der Waals surface area (Å²) in [6.45, 7) is 0. The van der Waals surface area contributed by atoms with Crippen LogP contribution in [0.4, 0.5) is 0 Å². The highest BCUT2D eigenvalue weighted by Crippen LogP contribution is 2.38. The summed E-state index contributed by atoms with van der Waals surface area (Å²) in [5, 5.41) is 0. The van der Waals surface area contributed by atoms with E-state index in [1.165, 1.54) is 12.8 Å². The van der Waals surface area contributed by atoms with E-state index in [2.05, 4.69) is 20.9 Å². The van der Waals surface area contributed by atoms with Crippen LogP contribution in [0.15, 0.2) is 22.8 Å². The molecule has 2 rings (SSSR count). The zero-order valence-corrected chi connectivity index (χ0v) is 10.7. The van der Waals surface area contributed by atoms with Gasteiger partial charge in [-0.2, -0.15) is 0 Å². The lowest BCUT2D eigenvalue weighted by Gasteiger charge is -2.08. The third-order valence-corrected chi connectivity index (χ3v) is 2.69. The van der Waals surface area contributed by atoms with E-state index in [1.54, 1.807) is 6.20 Å². The second-order valence-corrected chi connectivity index (χ2v) is 4.18. The minimum atomic E-state index is 0. The number of rotatable bonds is 2. The summed E-state index contributed by atoms with van der Waals surface area (Å²) < 4.78 is 1.01. The van der Waals surface area contributed by atoms with Gasteiger partial charge < -0.3 is 5.73 Å². The molecule has 0 bridgehead atoms. The number of nitrogens with two attached hydrogens (primary N) is 1. The quantitative estimate of drug-likeness (QED) is 0.911. The van der Waals surface area contributed by atoms with E-state index in [0.29, 0.717) is 5.92 Å². The lowest BCUT2D eigenvalue weighted by molar-refractivity contribution is 0.614. The molecule has 1 saturated carbocycles. The van der Waals surface area contributed by atoms with E-state index in [-0.39, 0.29) is 30.9 Å². The van der Waals surface area contributed by atoms with Gasteiger partial charge in [-0.15, -0.1) is 24.8 Å². The molecule has 1 aliphatic carbocycles. The number of nitrogens with zero attached hydrogens (tertiary/aromatic N) is 1. The topological polar surface area (TPSA) is 38.9 Å². The van der Waals surface area contributed by atoms with Crippen LogP contribution >= 0.6 is 40.7 Å². The molecule has 0 amide bonds. The molecule has 0 radical (unpaired) electrons. The minimum absolute atomic E-state index is 0. The Kier molecular flexibility index (Phi) is 5.98. The molecular formula is C9H13BrCl2N2. The van der Waals surface area contributed by atoms with Crippen molar-refractivity contribution in [2.75, 3.05) is 0 Å². The van der Waals surface area contributed by atoms with E-state index >= 15 is 0 Å². The molecule has 1 heterocycles. The molecule has 0 spiro atoms. The fourth-order valence-corrected chi connectivity index (χ4v) is 1.52. The summed E-state index contributed by atoms with van der Waals surface area (Å²) in [7, 11) is 0. The first-order valence-corrected chi connectivity index (χ1v) is 4.93. The molecule has 80 valence electrons. The van der Waals surface area contributed by atoms with Gasteiger partial charge in [-0.05, 0) is 46.8 Å². The van der Waals surface area contributed by atoms with Crippen molar-refractivity contribution in [1.29, 1.82) is 0 Å². The van der Waals surface area contributed by atoms with E-state index in [0.717, 1.165) is 10.2 Å². The molecule has 1 fully saturated rings. The Bertz CT molecular complexity index is 275. The van der Waals surface area contributed by atoms with Gasteiger partial charge in [0.2, 0.25) is 0 Å². The lowest BCUT2D eigenvalue weighted by atomic mass is 10.1. The summed E-state index contributed by atoms with van der Waals surface area (Å²) in [5.74, 6) is 0.679. The maximum absolute atomic E-state index is 5.97. The number of hydrogen-bond donors (Lipinski definition) is 1. The van der Waals surface area contributed by atoms with Crippen LogP contribution in [0.3, 0.4) is 0 Å². The molecule has 1 atom stereocenters. The van der Waals surface area contributed by atoms with Crippen molar-refractivity contribution in [3.05, 3.63) is 28.5 Å². The average Bonchev–Trinajstić information content (AvgIpc) is 2.87. The number of hydrogen-bond acceptors (Lipinski definition) is 2. The van der Waals surface area contributed by atoms with Crippen LogP contribution in [-0.2, 0) is 0 Å². The summed E-state index contributed by atoms with van der Waals surface area (Å²) in [6.07, 6.45) is 4.33. The van der Waals surface area contributed by atoms with Gasteiger partial charge in [-0.25, -0.2) is 0 Å². The van der Waals surface area contributed by atoms with E-state index in [4.69, 9.17) is 5.73 Å². The Balaban J connectivity index is 0.000000845. The Labute approximate surface area is 105 Å². The van der Waals surface area contributed by atoms with E-state index < -0.39 is 0 Å². The van der Waals surface area contributed by atoms with Crippen molar-refractivity contribution < 1.29 is 0 Å². The van der Waals surface area contributed by atoms with Crippen molar-refractivity contribution in [3.8, 4) is 0 Å². The fraction of sp³-hybridized carbons (Fsp3) is 0.444. The maximum atomic E-state index is 5.97. The number of aromatic nitrogens is 1. The van der Waals surface area contributed by atoms with Gasteiger partial charge in [-0.3, -0.25) is 4.98 Å². The van der Waals surface area contributed by atoms with Crippen LogP contribution < -0.4 is 5.73 Å². The SMILES string of the molecule is Cl.Cl.NC(c1ccc(Br)cn1)C1CC1. The highest BCUT2D eigenvalue weighted by Gasteiger charge is 2.30. The third kappa shape index (κ3) is 3.39. The van der Waals surface area contributed by atoms with Crippen molar-refractivity contribution in [2.24, 2.45) is 11.7 Å². The van der Waals surface area contributed by atoms with Crippen LogP contribution in [0, 0.1) is 5.92 Å². The summed E-state index contributed by atoms with van der Waals surface area (Å²) >= 11 is 3.34. The predicted molar refractivity (Wildman–Crippen MR) is 66.1 cm³/mol. The standard InChI is InChI=1S/C9H11BrN2.2ClH/c10-7-3-4-8(12-5-7)9(11)6-1-2-6;;/h3-6,9H,1-2,11H2;2*1H. The van der Waals surface area contributed by atoms with Crippen molar-refractivity contribution in [1.82, 2.24) is 4.98 Å². The van der Waals surface area contributed by atoms with Gasteiger partial charge in [0.05, 0.1) is 5.69 Å². The molecule has 0 saturated heterocycles. The first-order valence-electron chi connectivity index (χ1n) is 4.14. The van der Waals surface area contributed by atoms with Crippen molar-refractivity contribution in [2.45, 2.75) is 18.9 Å². The molecule has 2 N–H and O–H groups in total. The number of halogens is 3. The summed E-state index contributed by atoms with van der Waals surface area (Å²) in [6, 6.07) is 4.13. The van der Waals surface area contributed by atoms with Crippen LogP contribution in [0.2, 0.25) is 0 Å². The van der Waals surface area contributed by atoms with Crippen LogP contribution in [0.5, 0.6) is 0 Å². The molecule has 1 aliphatic rings. The van der Waals surface area contributed by atoms with Gasteiger partial charge in [-0.1, -0.05) is 0 Å². The second kappa shape index (κ2) is 5.91. The van der Waals surface area contributed by atoms with Crippen molar-refractivity contribution >= 4 is 40.7 Å². The smallest absolute Gasteiger partial charge is 0.0574 e. The zero-order chi connectivity index (χ0) is 8.55. The predicted octanol–water partition coefficient (Wildman–Crippen LogP) is 3.10. The fourth-order valence-electron chi connectivity index (χ4n) is 1.28. The monoisotopic (exact) mass is 298 g/mol. The second-order valence-electron chi connectivity index (χ2n) is 3.26. The minimum Gasteiger partial charge on any atom is -0.322 e. The Hall–Kier alpha value is 0.170. The largest absolute Gasteiger partial charge is 0.322 e. The van der Waals surface area contributed by atoms with Gasteiger partial charge in [0.25, 0.3) is 0 Å². The van der Waals surface area contributed by atoms with Crippen LogP contribution in [0.1, 0.15) is 24.6 Å². The average molecular weight is 300 g/mol. The van der Waals surface area contributed by atoms with Gasteiger partial charge in [0, 0.05) is 16.7 Å². The first kappa shape index (κ1) is 14.2. The lowest BCUT2D eigenvalue weighted by Crippen LogP contribution is -2.13. The maximum Gasteiger partial charge on any atom is 0.0574 e. The normalized spacial score (nSPS) is 16.4. The van der Waals surface area contributed by atoms with E-state index in [1.807, 2.05) is 12.1 Å². The molecule has 1 aromatic rings. The molecule has 5 heteroatoms. The summed E-state index contributed by atoms with van der Waals surface area (Å²) in [4.78, 5) is 4.27. The van der Waals surface area contributed by atoms with Gasteiger partial charge in [0.1, 0.15) is 0 Å². The zero-order valence-electron chi connectivity index (χ0n) is 7.52. The molecule has 1 unspecified atom stereocenters. The molecule has 0 aromatic carbocycles. The Morgan fingerprint density at radius 1 is 1.36 bits per heavy atom. The van der Waals surface area contributed by atoms with E-state index in [9.17, 15) is 0 Å². The van der Waals surface area contributed by atoms with Gasteiger partial charge in [0.15, 0.2) is 0 Å². The molecule has 2 nitrogen and oxygen atoms in total. The first-order chi connectivity index (χ1) is 5.77. The Morgan fingerprint density at radius 3 is 2.43 bits per heavy atom. The molecule has 0 aliphatic heterocycles. The van der Waals surface area contributed by atoms with Crippen molar-refractivity contribution in [3.63, 3.8) is 0 Å². The highest BCUT2D eigenvalue weighted by molar-refractivity contribution is 9.10. The highest BCUT2D eigenvalue weighted by atomic mass is 79.9. The summed E-state index contributed by atoms with van der Waals surface area (Å²) in [5.41, 5.74) is 6.99. The van der Waals surface area contributed by atoms with Crippen LogP contribution in [-0.4, -0.2) is 4.98 Å². The molecule has 14 heavy (non-hydrogen) atoms. The number of pyridine rings is 1. The third-order valence-electron chi connectivity index (χ3n) is 2.22. The van der Waals surface area contributed by atoms with Gasteiger partial charge >= 0.3 is 0 Å². The Morgan fingerprint density at radius 2 is 2.00 bits per heavy atom. The molecule has 1 aromatic heterocycles. The van der Waals surface area contributed by atoms with Crippen LogP contribution in [0.25, 0.3) is 0 Å². The molecular weight excluding hydrogens is 287 g/mol.